The summed E-state index contributed by atoms with van der Waals surface area (Å²) in [5.74, 6) is -15.3. The Labute approximate surface area is 706 Å². The number of fused-ring (bicyclic) bond motifs is 15. The van der Waals surface area contributed by atoms with Crippen LogP contribution in [0.5, 0.6) is 46.0 Å². The van der Waals surface area contributed by atoms with Gasteiger partial charge in [-0.15, -0.1) is 0 Å². The highest BCUT2D eigenvalue weighted by Gasteiger charge is 2.53. The number of aliphatic hydroxyl groups excluding tert-OH is 6. The van der Waals surface area contributed by atoms with Gasteiger partial charge >= 0.3 is 5.97 Å². The number of carboxylic acids is 1. The smallest absolute Gasteiger partial charge is 0.330 e. The molecule has 6 aromatic carbocycles. The molecule has 2 saturated heterocycles. The van der Waals surface area contributed by atoms with E-state index in [1.807, 2.05) is 32.9 Å². The molecule has 7 aliphatic heterocycles. The Morgan fingerprint density at radius 1 is 0.730 bits per heavy atom. The molecule has 122 heavy (non-hydrogen) atoms. The Bertz CT molecular complexity index is 4970. The van der Waals surface area contributed by atoms with E-state index in [4.69, 9.17) is 51.5 Å². The molecule has 18 atom stereocenters. The van der Waals surface area contributed by atoms with Crippen LogP contribution >= 0.6 is 11.6 Å². The average Bonchev–Trinajstić information content (AvgIpc) is 0.764. The quantitative estimate of drug-likeness (QED) is 0.0246. The van der Waals surface area contributed by atoms with Crippen LogP contribution in [0.3, 0.4) is 0 Å². The summed E-state index contributed by atoms with van der Waals surface area (Å²) in [5, 5.41) is 141. The Morgan fingerprint density at radius 3 is 2.06 bits per heavy atom. The molecule has 6 aromatic rings. The summed E-state index contributed by atoms with van der Waals surface area (Å²) < 4.78 is 39.8. The van der Waals surface area contributed by atoms with Crippen LogP contribution in [0.25, 0.3) is 11.1 Å². The third kappa shape index (κ3) is 21.3. The summed E-state index contributed by atoms with van der Waals surface area (Å²) in [4.78, 5) is 123. The van der Waals surface area contributed by atoms with Crippen molar-refractivity contribution >= 4 is 70.6 Å². The molecule has 7 aliphatic rings. The molecule has 5 unspecified atom stereocenters. The minimum absolute atomic E-state index is 0.0525. The molecule has 7 heterocycles. The molecule has 0 spiro atoms. The van der Waals surface area contributed by atoms with Gasteiger partial charge in [-0.3, -0.25) is 33.6 Å². The van der Waals surface area contributed by atoms with Crippen LogP contribution in [0.2, 0.25) is 5.02 Å². The number of phenolic OH excluding ortho intramolecular Hbond substituents is 3. The lowest BCUT2D eigenvalue weighted by Gasteiger charge is -2.49. The van der Waals surface area contributed by atoms with Gasteiger partial charge in [-0.05, 0) is 161 Å². The zero-order valence-electron chi connectivity index (χ0n) is 68.0. The first-order valence-electron chi connectivity index (χ1n) is 39.7. The number of guanidine groups is 1. The Hall–Kier alpha value is -11.5. The van der Waals surface area contributed by atoms with Crippen LogP contribution in [0.1, 0.15) is 151 Å². The van der Waals surface area contributed by atoms with Crippen molar-refractivity contribution in [3.8, 4) is 57.1 Å². The van der Waals surface area contributed by atoms with Gasteiger partial charge in [0.25, 0.3) is 0 Å². The van der Waals surface area contributed by atoms with Crippen LogP contribution in [-0.4, -0.2) is 203 Å². The number of allylic oxidation sites excluding steroid dienone is 3. The number of nitrogens with two attached hydrogens (primary N) is 2. The SMILES string of the molecule is CCC1(NCc2ccc(/N=C(\N)NC/C=C(\C)CCC=C(C)C)cc2)C[C@H](OC2C(O)[C@H](O)C(CO)O[C@H]2Oc2c3cc4cc2Oc2ccc(cc2Cl)[C@@H](O)[C@@H]2NC(=O)[C@H](NC(=O)[C@@H]4NC(=O)C(CC(N)=O)NC(=O)[C@H](NC(=O)[C@@H](CC(C)C)NC)[C@H](O)c4ccc(cc4)O3)c3ccc(O)c(c3)-c3c(O)cc(O)cc3[C@@H](C(=O)O)NC2=O)O[C@@H](C)[C@@H]1O. The van der Waals surface area contributed by atoms with Crippen LogP contribution in [-0.2, 0) is 59.1 Å². The Morgan fingerprint density at radius 2 is 1.40 bits per heavy atom. The lowest BCUT2D eigenvalue weighted by molar-refractivity contribution is -0.335. The van der Waals surface area contributed by atoms with Gasteiger partial charge in [-0.25, -0.2) is 9.79 Å². The zero-order valence-corrected chi connectivity index (χ0v) is 68.7. The van der Waals surface area contributed by atoms with Crippen molar-refractivity contribution in [1.82, 2.24) is 47.9 Å². The van der Waals surface area contributed by atoms with E-state index >= 15 is 14.4 Å². The first-order chi connectivity index (χ1) is 58.0. The second kappa shape index (κ2) is 39.6. The van der Waals surface area contributed by atoms with Gasteiger partial charge in [-0.2, -0.15) is 0 Å². The number of halogens is 1. The first kappa shape index (κ1) is 91.2. The van der Waals surface area contributed by atoms with Gasteiger partial charge in [0, 0.05) is 42.3 Å². The third-order valence-electron chi connectivity index (χ3n) is 21.8. The maximum Gasteiger partial charge on any atom is 0.330 e. The number of amides is 7. The van der Waals surface area contributed by atoms with E-state index in [0.29, 0.717) is 12.2 Å². The number of nitrogens with one attached hydrogen (secondary N) is 9. The molecule has 0 saturated carbocycles. The summed E-state index contributed by atoms with van der Waals surface area (Å²) in [6.07, 6.45) is -12.1. The largest absolute Gasteiger partial charge is 0.508 e. The van der Waals surface area contributed by atoms with E-state index in [9.17, 15) is 75.0 Å². The minimum Gasteiger partial charge on any atom is -0.508 e. The summed E-state index contributed by atoms with van der Waals surface area (Å²) in [6, 6.07) is 8.49. The van der Waals surface area contributed by atoms with Gasteiger partial charge in [0.2, 0.25) is 53.4 Å². The van der Waals surface area contributed by atoms with Crippen LogP contribution < -0.4 is 73.5 Å². The molecule has 37 heteroatoms. The maximum absolute atomic E-state index is 16.2. The normalized spacial score (nSPS) is 26.6. The van der Waals surface area contributed by atoms with Gasteiger partial charge in [-0.1, -0.05) is 92.1 Å². The summed E-state index contributed by atoms with van der Waals surface area (Å²) in [6.45, 7) is 12.9. The van der Waals surface area contributed by atoms with E-state index in [0.717, 1.165) is 73.0 Å². The Kier molecular flexibility index (Phi) is 29.6. The van der Waals surface area contributed by atoms with E-state index in [-0.39, 0.29) is 65.9 Å². The van der Waals surface area contributed by atoms with Crippen LogP contribution in [0.15, 0.2) is 137 Å². The number of ether oxygens (including phenoxy) is 6. The summed E-state index contributed by atoms with van der Waals surface area (Å²) in [7, 11) is 1.49. The predicted octanol–water partition coefficient (Wildman–Crippen LogP) is 3.90. The second-order valence-electron chi connectivity index (χ2n) is 31.4. The third-order valence-corrected chi connectivity index (χ3v) is 22.1. The molecule has 0 radical (unpaired) electrons. The van der Waals surface area contributed by atoms with Crippen molar-refractivity contribution in [2.45, 2.75) is 203 Å². The number of phenols is 3. The number of carbonyl (C=O) groups excluding carboxylic acids is 7. The van der Waals surface area contributed by atoms with Gasteiger partial charge in [0.1, 0.15) is 89.5 Å². The highest BCUT2D eigenvalue weighted by Crippen LogP contribution is 2.50. The second-order valence-corrected chi connectivity index (χ2v) is 31.8. The number of benzene rings is 6. The molecule has 0 aromatic heterocycles. The number of aliphatic hydroxyl groups is 6. The standard InChI is InChI=1S/C85H103ClN12O24/c1-9-85(91-36-42-13-19-47(20-14-42)92-84(88)90-26-25-40(6)12-10-11-38(2)3)35-62(117-41(7)75(85)108)121-74-72(107)71(106)60(37-99)120-83(74)122-73-58-30-46-31-59(73)119-57-24-18-45(29-52(57)86)70(105)68-81(114)96-66(82(115)116)51-32-48(100)33-56(102)63(51)50-28-44(17-23-55(50)101)64(78(111)98-68)95-79(112)65(46)94-77(110)54(34-61(87)103)93-80(113)67(97-76(109)53(89-8)27-39(4)5)69(104)43-15-21-49(118-58)22-16-43/h11,13-25,28-33,39,41,53-54,60,62,64-72,74-75,83,89,91,99-102,104-108H,9-10,12,26-27,34-37H2,1-8H3,(H2,87,103)(H,93,113)(H,94,110)(H,95,112)(H,96,114)(H,97,109)(H,98,111)(H,115,116)(H3,88,90,92)/b40-25+/t41-,53+,54?,60?,62-,64+,65+,66-,67+,68-,69+,70+,71+,72?,74?,75-,83-,85?/m0/s1. The molecule has 7 amide bonds. The zero-order chi connectivity index (χ0) is 88.5. The van der Waals surface area contributed by atoms with Crippen LogP contribution in [0.4, 0.5) is 5.69 Å². The van der Waals surface area contributed by atoms with Crippen molar-refractivity contribution in [1.29, 1.82) is 0 Å². The minimum atomic E-state index is -2.33. The molecule has 36 nitrogen and oxygen atoms in total. The Balaban J connectivity index is 1.05. The van der Waals surface area contributed by atoms with Crippen molar-refractivity contribution in [3.63, 3.8) is 0 Å². The van der Waals surface area contributed by atoms with E-state index in [1.54, 1.807) is 19.1 Å². The number of carbonyl (C=O) groups is 8. The summed E-state index contributed by atoms with van der Waals surface area (Å²) >= 11 is 7.16. The topological polar surface area (TPSA) is 567 Å². The molecule has 23 N–H and O–H groups in total. The molecule has 13 rings (SSSR count). The van der Waals surface area contributed by atoms with E-state index < -0.39 is 231 Å². The highest BCUT2D eigenvalue weighted by atomic mass is 35.5. The number of primary amides is 1. The monoisotopic (exact) mass is 1710 g/mol. The molecule has 11 bridgehead atoms. The van der Waals surface area contributed by atoms with Gasteiger partial charge < -0.3 is 139 Å². The number of hydrogen-bond acceptors (Lipinski definition) is 26. The predicted molar refractivity (Wildman–Crippen MR) is 440 cm³/mol. The fraction of sp³-hybridized carbons (Fsp3) is 0.424. The van der Waals surface area contributed by atoms with Crippen molar-refractivity contribution < 1.29 is 118 Å². The van der Waals surface area contributed by atoms with Gasteiger partial charge in [0.05, 0.1) is 47.5 Å². The molecule has 654 valence electrons. The lowest BCUT2D eigenvalue weighted by Crippen LogP contribution is -2.66. The van der Waals surface area contributed by atoms with Crippen molar-refractivity contribution in [2.75, 3.05) is 20.2 Å². The van der Waals surface area contributed by atoms with E-state index in [2.05, 4.69) is 85.8 Å². The van der Waals surface area contributed by atoms with Crippen molar-refractivity contribution in [2.24, 2.45) is 22.4 Å². The molecular weight excluding hydrogens is 1610 g/mol. The number of nitrogens with zero attached hydrogens (tertiary/aromatic N) is 1. The number of aliphatic carboxylic acids is 1. The number of rotatable bonds is 23. The molecule has 0 aliphatic carbocycles. The number of likely N-dealkylation sites (N-methyl/N-ethyl adjacent to an activating group) is 1. The fourth-order valence-corrected chi connectivity index (χ4v) is 15.4. The molecular formula is C85H103ClN12O24. The maximum atomic E-state index is 16.2. The summed E-state index contributed by atoms with van der Waals surface area (Å²) in [5.41, 5.74) is 12.0. The lowest BCUT2D eigenvalue weighted by atomic mass is 9.80. The van der Waals surface area contributed by atoms with Crippen LogP contribution in [0, 0.1) is 5.92 Å². The van der Waals surface area contributed by atoms with Crippen molar-refractivity contribution in [3.05, 3.63) is 171 Å². The fourth-order valence-electron chi connectivity index (χ4n) is 15.1. The number of aromatic hydroxyl groups is 3. The number of carboxylic acid groups (broad SMARTS) is 1. The first-order valence-corrected chi connectivity index (χ1v) is 40.0. The average molecular weight is 1710 g/mol. The van der Waals surface area contributed by atoms with Gasteiger partial charge in [0.15, 0.2) is 35.9 Å². The highest BCUT2D eigenvalue weighted by molar-refractivity contribution is 6.32. The van der Waals surface area contributed by atoms with E-state index in [1.165, 1.54) is 48.5 Å². The molecule has 2 fully saturated rings. The number of aliphatic imine (C=N–C) groups is 1. The number of hydrogen-bond donors (Lipinski definition) is 21.